The molecule has 0 aliphatic rings. The van der Waals surface area contributed by atoms with Gasteiger partial charge in [-0.3, -0.25) is 0 Å². The molecule has 0 N–H and O–H groups in total. The van der Waals surface area contributed by atoms with E-state index in [0.717, 1.165) is 11.3 Å². The molecule has 2 aromatic rings. The number of nitrogens with zero attached hydrogens (tertiary/aromatic N) is 2. The fourth-order valence-electron chi connectivity index (χ4n) is 1.41. The minimum absolute atomic E-state index is 0. The largest absolute Gasteiger partial charge is 0.179 e. The summed E-state index contributed by atoms with van der Waals surface area (Å²) in [7, 11) is 0. The summed E-state index contributed by atoms with van der Waals surface area (Å²) in [5.41, 5.74) is 3.18. The molecule has 2 rings (SSSR count). The molecular formula is C13H13N2Y-. The Labute approximate surface area is 121 Å². The summed E-state index contributed by atoms with van der Waals surface area (Å²) in [6.07, 6.45) is 1.68. The van der Waals surface area contributed by atoms with Gasteiger partial charge in [-0.1, -0.05) is 13.8 Å². The summed E-state index contributed by atoms with van der Waals surface area (Å²) in [6, 6.07) is 13.2. The summed E-state index contributed by atoms with van der Waals surface area (Å²) in [4.78, 5) is 0. The minimum atomic E-state index is 0. The zero-order valence-electron chi connectivity index (χ0n) is 9.51. The molecule has 0 aliphatic heterocycles. The first-order valence-corrected chi connectivity index (χ1v) is 5.07. The van der Waals surface area contributed by atoms with E-state index in [2.05, 4.69) is 42.2 Å². The van der Waals surface area contributed by atoms with Crippen LogP contribution in [0.5, 0.6) is 0 Å². The van der Waals surface area contributed by atoms with Gasteiger partial charge in [0, 0.05) is 44.6 Å². The molecule has 1 radical (unpaired) electrons. The van der Waals surface area contributed by atoms with E-state index in [-0.39, 0.29) is 32.7 Å². The van der Waals surface area contributed by atoms with Gasteiger partial charge in [-0.05, 0) is 18.1 Å². The van der Waals surface area contributed by atoms with Crippen LogP contribution in [0.1, 0.15) is 25.3 Å². The van der Waals surface area contributed by atoms with E-state index < -0.39 is 0 Å². The van der Waals surface area contributed by atoms with Gasteiger partial charge >= 0.3 is 0 Å². The van der Waals surface area contributed by atoms with Crippen molar-refractivity contribution in [2.45, 2.75) is 19.8 Å². The van der Waals surface area contributed by atoms with Crippen LogP contribution in [-0.2, 0) is 32.7 Å². The summed E-state index contributed by atoms with van der Waals surface area (Å²) >= 11 is 0. The van der Waals surface area contributed by atoms with Crippen LogP contribution in [0.4, 0.5) is 0 Å². The maximum absolute atomic E-state index is 4.05. The average Bonchev–Trinajstić information content (AvgIpc) is 2.30. The maximum atomic E-state index is 4.05. The van der Waals surface area contributed by atoms with Gasteiger partial charge in [-0.2, -0.15) is 40.0 Å². The van der Waals surface area contributed by atoms with Gasteiger partial charge in [0.25, 0.3) is 0 Å². The van der Waals surface area contributed by atoms with Crippen LogP contribution in [-0.4, -0.2) is 10.2 Å². The maximum Gasteiger partial charge on any atom is 0.0495 e. The van der Waals surface area contributed by atoms with Crippen LogP contribution in [0.2, 0.25) is 0 Å². The molecule has 0 amide bonds. The predicted octanol–water partition coefficient (Wildman–Crippen LogP) is 3.06. The minimum Gasteiger partial charge on any atom is -0.179 e. The molecule has 1 aromatic heterocycles. The Kier molecular flexibility index (Phi) is 5.23. The van der Waals surface area contributed by atoms with E-state index in [1.165, 1.54) is 5.56 Å². The first kappa shape index (κ1) is 13.5. The Morgan fingerprint density at radius 2 is 2.00 bits per heavy atom. The number of aromatic nitrogens is 2. The van der Waals surface area contributed by atoms with E-state index in [9.17, 15) is 0 Å². The second kappa shape index (κ2) is 6.22. The molecule has 0 saturated carbocycles. The van der Waals surface area contributed by atoms with Crippen molar-refractivity contribution in [3.05, 3.63) is 48.2 Å². The normalized spacial score (nSPS) is 9.94. The molecule has 1 aromatic carbocycles. The van der Waals surface area contributed by atoms with Crippen molar-refractivity contribution < 1.29 is 32.7 Å². The van der Waals surface area contributed by atoms with E-state index >= 15 is 0 Å². The van der Waals surface area contributed by atoms with Crippen molar-refractivity contribution in [2.75, 3.05) is 0 Å². The van der Waals surface area contributed by atoms with Gasteiger partial charge in [0.15, 0.2) is 0 Å². The quantitative estimate of drug-likeness (QED) is 0.793. The third-order valence-corrected chi connectivity index (χ3v) is 2.33. The third-order valence-electron chi connectivity index (χ3n) is 2.33. The molecule has 3 heteroatoms. The number of hydrogen-bond donors (Lipinski definition) is 0. The number of rotatable bonds is 2. The molecule has 0 spiro atoms. The predicted molar refractivity (Wildman–Crippen MR) is 60.4 cm³/mol. The van der Waals surface area contributed by atoms with Gasteiger partial charge < -0.3 is 0 Å². The van der Waals surface area contributed by atoms with Crippen LogP contribution in [0.15, 0.2) is 36.5 Å². The molecule has 0 unspecified atom stereocenters. The third kappa shape index (κ3) is 3.20. The summed E-state index contributed by atoms with van der Waals surface area (Å²) < 4.78 is 0. The molecule has 2 nitrogen and oxygen atoms in total. The molecule has 0 atom stereocenters. The van der Waals surface area contributed by atoms with E-state index in [1.54, 1.807) is 6.20 Å². The molecule has 0 aliphatic carbocycles. The molecule has 0 bridgehead atoms. The van der Waals surface area contributed by atoms with Crippen molar-refractivity contribution in [3.8, 4) is 11.3 Å². The second-order valence-corrected chi connectivity index (χ2v) is 3.80. The van der Waals surface area contributed by atoms with Gasteiger partial charge in [0.1, 0.15) is 0 Å². The molecule has 79 valence electrons. The van der Waals surface area contributed by atoms with Crippen LogP contribution in [0.3, 0.4) is 0 Å². The van der Waals surface area contributed by atoms with Crippen molar-refractivity contribution in [3.63, 3.8) is 0 Å². The van der Waals surface area contributed by atoms with Crippen molar-refractivity contribution >= 4 is 0 Å². The van der Waals surface area contributed by atoms with E-state index in [0.29, 0.717) is 5.92 Å². The molecule has 16 heavy (non-hydrogen) atoms. The Hall–Kier alpha value is -0.596. The van der Waals surface area contributed by atoms with Crippen LogP contribution >= 0.6 is 0 Å². The van der Waals surface area contributed by atoms with Gasteiger partial charge in [0.2, 0.25) is 0 Å². The molecule has 0 saturated heterocycles. The first-order chi connectivity index (χ1) is 7.27. The summed E-state index contributed by atoms with van der Waals surface area (Å²) in [5, 5.41) is 7.91. The van der Waals surface area contributed by atoms with Crippen molar-refractivity contribution in [1.82, 2.24) is 10.2 Å². The van der Waals surface area contributed by atoms with Gasteiger partial charge in [0.05, 0.1) is 0 Å². The van der Waals surface area contributed by atoms with Crippen LogP contribution < -0.4 is 0 Å². The Morgan fingerprint density at radius 3 is 2.50 bits per heavy atom. The number of hydrogen-bond acceptors (Lipinski definition) is 2. The van der Waals surface area contributed by atoms with E-state index in [1.807, 2.05) is 18.2 Å². The summed E-state index contributed by atoms with van der Waals surface area (Å²) in [6.45, 7) is 4.32. The summed E-state index contributed by atoms with van der Waals surface area (Å²) in [5.74, 6) is 0.515. The first-order valence-electron chi connectivity index (χ1n) is 5.07. The monoisotopic (exact) mass is 286 g/mol. The fourth-order valence-corrected chi connectivity index (χ4v) is 1.41. The second-order valence-electron chi connectivity index (χ2n) is 3.80. The number of benzene rings is 1. The Morgan fingerprint density at radius 1 is 1.19 bits per heavy atom. The Bertz CT molecular complexity index is 423. The van der Waals surface area contributed by atoms with Gasteiger partial charge in [-0.25, -0.2) is 0 Å². The molecule has 0 fully saturated rings. The van der Waals surface area contributed by atoms with E-state index in [4.69, 9.17) is 0 Å². The Balaban J connectivity index is 0.00000128. The fraction of sp³-hybridized carbons (Fsp3) is 0.231. The SMILES string of the molecule is CC(C)c1[c-]cc(-c2cccnn2)cc1.[Y]. The standard InChI is InChI=1S/C13H13N2.Y/c1-10(2)11-5-7-12(8-6-11)13-4-3-9-14-15-13;/h3-5,7-10H,1-2H3;/q-1;. The molecule has 1 heterocycles. The zero-order chi connectivity index (χ0) is 10.7. The van der Waals surface area contributed by atoms with Crippen molar-refractivity contribution in [1.29, 1.82) is 0 Å². The molecular weight excluding hydrogens is 273 g/mol. The zero-order valence-corrected chi connectivity index (χ0v) is 12.4. The van der Waals surface area contributed by atoms with Gasteiger partial charge in [-0.15, -0.1) is 5.56 Å². The van der Waals surface area contributed by atoms with Crippen LogP contribution in [0.25, 0.3) is 11.3 Å². The average molecular weight is 286 g/mol. The van der Waals surface area contributed by atoms with Crippen LogP contribution in [0, 0.1) is 6.07 Å². The smallest absolute Gasteiger partial charge is 0.0495 e. The topological polar surface area (TPSA) is 25.8 Å². The van der Waals surface area contributed by atoms with Crippen molar-refractivity contribution in [2.24, 2.45) is 0 Å².